The molecule has 1 nitrogen and oxygen atoms in total. The predicted octanol–water partition coefficient (Wildman–Crippen LogP) is 3.16. The van der Waals surface area contributed by atoms with Gasteiger partial charge in [-0.1, -0.05) is 12.1 Å². The van der Waals surface area contributed by atoms with Crippen molar-refractivity contribution in [3.63, 3.8) is 0 Å². The van der Waals surface area contributed by atoms with Gasteiger partial charge in [-0.2, -0.15) is 0 Å². The van der Waals surface area contributed by atoms with E-state index in [2.05, 4.69) is 37.0 Å². The third kappa shape index (κ3) is 1.31. The largest absolute Gasteiger partial charge is 0.261 e. The number of pyridine rings is 1. The van der Waals surface area contributed by atoms with Gasteiger partial charge in [-0.25, -0.2) is 0 Å². The standard InChI is InChI=1S/C12H13N/c1-8-4-5-11-6-9(2)13-7-12(11)10(8)3/h4-7H,1-3H3. The molecule has 0 aliphatic carbocycles. The Morgan fingerprint density at radius 1 is 1.08 bits per heavy atom. The molecule has 0 fully saturated rings. The van der Waals surface area contributed by atoms with Gasteiger partial charge in [-0.15, -0.1) is 0 Å². The zero-order valence-electron chi connectivity index (χ0n) is 8.26. The summed E-state index contributed by atoms with van der Waals surface area (Å²) in [6.45, 7) is 6.30. The SMILES string of the molecule is Cc1cc2ccc(C)c(C)c2cn1. The fraction of sp³-hybridized carbons (Fsp3) is 0.250. The fourth-order valence-electron chi connectivity index (χ4n) is 1.58. The Kier molecular flexibility index (Phi) is 1.80. The van der Waals surface area contributed by atoms with Crippen molar-refractivity contribution in [2.75, 3.05) is 0 Å². The van der Waals surface area contributed by atoms with Crippen LogP contribution in [-0.4, -0.2) is 4.98 Å². The summed E-state index contributed by atoms with van der Waals surface area (Å²) in [4.78, 5) is 4.31. The molecular weight excluding hydrogens is 158 g/mol. The van der Waals surface area contributed by atoms with Crippen LogP contribution in [0.5, 0.6) is 0 Å². The number of benzene rings is 1. The van der Waals surface area contributed by atoms with E-state index >= 15 is 0 Å². The van der Waals surface area contributed by atoms with Gasteiger partial charge in [0.2, 0.25) is 0 Å². The number of rotatable bonds is 0. The van der Waals surface area contributed by atoms with Crippen LogP contribution in [-0.2, 0) is 0 Å². The van der Waals surface area contributed by atoms with Crippen LogP contribution in [0.25, 0.3) is 10.8 Å². The lowest BCUT2D eigenvalue weighted by molar-refractivity contribution is 1.22. The van der Waals surface area contributed by atoms with E-state index in [1.165, 1.54) is 21.9 Å². The Morgan fingerprint density at radius 2 is 1.85 bits per heavy atom. The molecule has 2 aromatic rings. The van der Waals surface area contributed by atoms with Crippen molar-refractivity contribution in [2.24, 2.45) is 0 Å². The summed E-state index contributed by atoms with van der Waals surface area (Å²) < 4.78 is 0. The van der Waals surface area contributed by atoms with Crippen molar-refractivity contribution >= 4 is 10.8 Å². The van der Waals surface area contributed by atoms with E-state index in [0.29, 0.717) is 0 Å². The second kappa shape index (κ2) is 2.84. The number of aryl methyl sites for hydroxylation is 3. The minimum atomic E-state index is 1.08. The topological polar surface area (TPSA) is 12.9 Å². The highest BCUT2D eigenvalue weighted by atomic mass is 14.7. The molecule has 0 unspecified atom stereocenters. The fourth-order valence-corrected chi connectivity index (χ4v) is 1.58. The zero-order valence-corrected chi connectivity index (χ0v) is 8.26. The lowest BCUT2D eigenvalue weighted by Crippen LogP contribution is -1.86. The number of fused-ring (bicyclic) bond motifs is 1. The maximum Gasteiger partial charge on any atom is 0.0379 e. The molecule has 0 aliphatic heterocycles. The van der Waals surface area contributed by atoms with Crippen molar-refractivity contribution < 1.29 is 0 Å². The average molecular weight is 171 g/mol. The highest BCUT2D eigenvalue weighted by Crippen LogP contribution is 2.20. The van der Waals surface area contributed by atoms with Gasteiger partial charge in [0, 0.05) is 17.3 Å². The van der Waals surface area contributed by atoms with Gasteiger partial charge in [0.1, 0.15) is 0 Å². The summed E-state index contributed by atoms with van der Waals surface area (Å²) in [6.07, 6.45) is 1.97. The van der Waals surface area contributed by atoms with Gasteiger partial charge in [-0.3, -0.25) is 4.98 Å². The Morgan fingerprint density at radius 3 is 2.62 bits per heavy atom. The lowest BCUT2D eigenvalue weighted by atomic mass is 10.0. The molecule has 13 heavy (non-hydrogen) atoms. The van der Waals surface area contributed by atoms with Crippen LogP contribution in [0, 0.1) is 20.8 Å². The molecule has 0 atom stereocenters. The van der Waals surface area contributed by atoms with E-state index in [1.807, 2.05) is 13.1 Å². The molecule has 0 bridgehead atoms. The van der Waals surface area contributed by atoms with Crippen molar-refractivity contribution in [1.29, 1.82) is 0 Å². The summed E-state index contributed by atoms with van der Waals surface area (Å²) in [6, 6.07) is 6.45. The van der Waals surface area contributed by atoms with Crippen LogP contribution >= 0.6 is 0 Å². The van der Waals surface area contributed by atoms with Gasteiger partial charge in [0.25, 0.3) is 0 Å². The summed E-state index contributed by atoms with van der Waals surface area (Å²) in [7, 11) is 0. The maximum atomic E-state index is 4.31. The molecule has 0 saturated heterocycles. The Bertz CT molecular complexity index is 458. The van der Waals surface area contributed by atoms with Crippen LogP contribution in [0.4, 0.5) is 0 Å². The Hall–Kier alpha value is -1.37. The second-order valence-corrected chi connectivity index (χ2v) is 3.55. The van der Waals surface area contributed by atoms with Gasteiger partial charge in [0.15, 0.2) is 0 Å². The molecule has 1 aromatic heterocycles. The monoisotopic (exact) mass is 171 g/mol. The van der Waals surface area contributed by atoms with Gasteiger partial charge >= 0.3 is 0 Å². The van der Waals surface area contributed by atoms with E-state index in [-0.39, 0.29) is 0 Å². The van der Waals surface area contributed by atoms with Crippen molar-refractivity contribution in [3.05, 3.63) is 41.2 Å². The number of aromatic nitrogens is 1. The average Bonchev–Trinajstić information content (AvgIpc) is 2.12. The van der Waals surface area contributed by atoms with Gasteiger partial charge in [0.05, 0.1) is 0 Å². The molecule has 0 aliphatic rings. The highest BCUT2D eigenvalue weighted by molar-refractivity contribution is 5.86. The first-order valence-electron chi connectivity index (χ1n) is 4.51. The molecule has 2 rings (SSSR count). The normalized spacial score (nSPS) is 10.7. The molecule has 0 radical (unpaired) electrons. The quantitative estimate of drug-likeness (QED) is 0.593. The smallest absolute Gasteiger partial charge is 0.0379 e. The van der Waals surface area contributed by atoms with E-state index in [0.717, 1.165) is 5.69 Å². The zero-order chi connectivity index (χ0) is 9.42. The number of hydrogen-bond donors (Lipinski definition) is 0. The van der Waals surface area contributed by atoms with Gasteiger partial charge in [-0.05, 0) is 43.4 Å². The van der Waals surface area contributed by atoms with E-state index in [4.69, 9.17) is 0 Å². The van der Waals surface area contributed by atoms with Crippen LogP contribution in [0.1, 0.15) is 16.8 Å². The molecule has 0 N–H and O–H groups in total. The van der Waals surface area contributed by atoms with Crippen molar-refractivity contribution in [2.45, 2.75) is 20.8 Å². The van der Waals surface area contributed by atoms with Crippen LogP contribution in [0.2, 0.25) is 0 Å². The Balaban J connectivity index is 2.87. The molecule has 1 heteroatoms. The highest BCUT2D eigenvalue weighted by Gasteiger charge is 2.00. The third-order valence-electron chi connectivity index (χ3n) is 2.58. The summed E-state index contributed by atoms with van der Waals surface area (Å²) in [5.74, 6) is 0. The molecule has 1 aromatic carbocycles. The predicted molar refractivity (Wildman–Crippen MR) is 56.0 cm³/mol. The molecule has 0 saturated carbocycles. The molecule has 0 amide bonds. The van der Waals surface area contributed by atoms with Crippen LogP contribution in [0.3, 0.4) is 0 Å². The molecular formula is C12H13N. The first kappa shape index (κ1) is 8.24. The Labute approximate surface area is 78.4 Å². The molecule has 66 valence electrons. The maximum absolute atomic E-state index is 4.31. The van der Waals surface area contributed by atoms with Crippen LogP contribution < -0.4 is 0 Å². The van der Waals surface area contributed by atoms with E-state index < -0.39 is 0 Å². The lowest BCUT2D eigenvalue weighted by Gasteiger charge is -2.05. The van der Waals surface area contributed by atoms with Crippen molar-refractivity contribution in [1.82, 2.24) is 4.98 Å². The molecule has 1 heterocycles. The van der Waals surface area contributed by atoms with E-state index in [9.17, 15) is 0 Å². The number of hydrogen-bond acceptors (Lipinski definition) is 1. The minimum Gasteiger partial charge on any atom is -0.261 e. The third-order valence-corrected chi connectivity index (χ3v) is 2.58. The first-order chi connectivity index (χ1) is 6.18. The summed E-state index contributed by atoms with van der Waals surface area (Å²) >= 11 is 0. The summed E-state index contributed by atoms with van der Waals surface area (Å²) in [5, 5.41) is 2.56. The minimum absolute atomic E-state index is 1.08. The summed E-state index contributed by atoms with van der Waals surface area (Å²) in [5.41, 5.74) is 3.75. The van der Waals surface area contributed by atoms with Crippen molar-refractivity contribution in [3.8, 4) is 0 Å². The van der Waals surface area contributed by atoms with Gasteiger partial charge < -0.3 is 0 Å². The first-order valence-corrected chi connectivity index (χ1v) is 4.51. The van der Waals surface area contributed by atoms with Crippen LogP contribution in [0.15, 0.2) is 24.4 Å². The number of nitrogens with zero attached hydrogens (tertiary/aromatic N) is 1. The second-order valence-electron chi connectivity index (χ2n) is 3.55. The molecule has 0 spiro atoms. The van der Waals surface area contributed by atoms with E-state index in [1.54, 1.807) is 0 Å².